The molecule has 0 saturated carbocycles. The maximum Gasteiger partial charge on any atom is 0.326 e. The van der Waals surface area contributed by atoms with E-state index in [-0.39, 0.29) is 18.2 Å². The van der Waals surface area contributed by atoms with Crippen molar-refractivity contribution in [2.45, 2.75) is 70.6 Å². The van der Waals surface area contributed by atoms with E-state index in [4.69, 9.17) is 11.5 Å². The highest BCUT2D eigenvalue weighted by molar-refractivity contribution is 5.95. The van der Waals surface area contributed by atoms with Crippen LogP contribution in [0.4, 0.5) is 0 Å². The van der Waals surface area contributed by atoms with Gasteiger partial charge in [-0.05, 0) is 32.1 Å². The van der Waals surface area contributed by atoms with Gasteiger partial charge < -0.3 is 32.1 Å². The van der Waals surface area contributed by atoms with Crippen molar-refractivity contribution < 1.29 is 29.1 Å². The quantitative estimate of drug-likeness (QED) is 0.282. The molecule has 0 aliphatic carbocycles. The number of carbonyl (C=O) groups excluding carboxylic acids is 4. The van der Waals surface area contributed by atoms with E-state index in [0.29, 0.717) is 19.4 Å². The average molecular weight is 413 g/mol. The molecule has 4 amide bonds. The van der Waals surface area contributed by atoms with E-state index in [2.05, 4.69) is 10.6 Å². The molecular formula is C18H31N5O6. The van der Waals surface area contributed by atoms with Crippen molar-refractivity contribution in [1.82, 2.24) is 15.5 Å². The molecule has 29 heavy (non-hydrogen) atoms. The van der Waals surface area contributed by atoms with Gasteiger partial charge in [0.2, 0.25) is 23.6 Å². The molecule has 0 spiro atoms. The van der Waals surface area contributed by atoms with E-state index in [1.54, 1.807) is 0 Å². The van der Waals surface area contributed by atoms with Crippen molar-refractivity contribution in [3.63, 3.8) is 0 Å². The van der Waals surface area contributed by atoms with Crippen LogP contribution in [0.15, 0.2) is 0 Å². The highest BCUT2D eigenvalue weighted by Gasteiger charge is 2.37. The van der Waals surface area contributed by atoms with Gasteiger partial charge in [-0.2, -0.15) is 0 Å². The normalized spacial score (nSPS) is 19.3. The van der Waals surface area contributed by atoms with Crippen LogP contribution in [0.1, 0.15) is 46.5 Å². The van der Waals surface area contributed by atoms with Crippen LogP contribution in [-0.2, 0) is 24.0 Å². The SMILES string of the molecule is CC(C)CC(NC(=O)C1CCCN1C(=O)C(C)N)C(=O)NC(CC(N)=O)C(=O)O. The first-order valence-electron chi connectivity index (χ1n) is 9.61. The van der Waals surface area contributed by atoms with E-state index in [1.165, 1.54) is 11.8 Å². The van der Waals surface area contributed by atoms with Crippen LogP contribution in [-0.4, -0.2) is 70.3 Å². The van der Waals surface area contributed by atoms with Crippen LogP contribution in [0.25, 0.3) is 0 Å². The molecule has 7 N–H and O–H groups in total. The average Bonchev–Trinajstić information content (AvgIpc) is 3.08. The fourth-order valence-electron chi connectivity index (χ4n) is 3.21. The Morgan fingerprint density at radius 3 is 2.21 bits per heavy atom. The molecule has 1 aliphatic heterocycles. The summed E-state index contributed by atoms with van der Waals surface area (Å²) in [6.07, 6.45) is 0.758. The summed E-state index contributed by atoms with van der Waals surface area (Å²) in [5.41, 5.74) is 10.7. The fourth-order valence-corrected chi connectivity index (χ4v) is 3.21. The summed E-state index contributed by atoms with van der Waals surface area (Å²) in [6.45, 7) is 5.62. The van der Waals surface area contributed by atoms with Gasteiger partial charge in [0.15, 0.2) is 0 Å². The predicted molar refractivity (Wildman–Crippen MR) is 103 cm³/mol. The second-order valence-electron chi connectivity index (χ2n) is 7.74. The first kappa shape index (κ1) is 24.3. The Morgan fingerprint density at radius 2 is 1.72 bits per heavy atom. The van der Waals surface area contributed by atoms with E-state index in [1.807, 2.05) is 13.8 Å². The Kier molecular flexibility index (Phi) is 9.02. The number of primary amides is 1. The summed E-state index contributed by atoms with van der Waals surface area (Å²) >= 11 is 0. The Morgan fingerprint density at radius 1 is 1.10 bits per heavy atom. The Balaban J connectivity index is 2.90. The number of nitrogens with one attached hydrogen (secondary N) is 2. The van der Waals surface area contributed by atoms with Crippen LogP contribution < -0.4 is 22.1 Å². The molecule has 0 aromatic heterocycles. The molecule has 1 rings (SSSR count). The van der Waals surface area contributed by atoms with Crippen molar-refractivity contribution in [3.8, 4) is 0 Å². The third kappa shape index (κ3) is 7.33. The zero-order valence-electron chi connectivity index (χ0n) is 17.0. The lowest BCUT2D eigenvalue weighted by Crippen LogP contribution is -2.57. The predicted octanol–water partition coefficient (Wildman–Crippen LogP) is -1.70. The lowest BCUT2D eigenvalue weighted by atomic mass is 10.0. The monoisotopic (exact) mass is 413 g/mol. The molecule has 11 heteroatoms. The van der Waals surface area contributed by atoms with Crippen molar-refractivity contribution in [3.05, 3.63) is 0 Å². The molecular weight excluding hydrogens is 382 g/mol. The molecule has 1 heterocycles. The van der Waals surface area contributed by atoms with Gasteiger partial charge in [0.05, 0.1) is 12.5 Å². The van der Waals surface area contributed by atoms with Gasteiger partial charge in [0, 0.05) is 6.54 Å². The third-order valence-electron chi connectivity index (χ3n) is 4.59. The number of carboxylic acids is 1. The minimum atomic E-state index is -1.49. The summed E-state index contributed by atoms with van der Waals surface area (Å²) in [5, 5.41) is 14.0. The molecule has 1 saturated heterocycles. The van der Waals surface area contributed by atoms with Gasteiger partial charge in [0.25, 0.3) is 0 Å². The van der Waals surface area contributed by atoms with Crippen molar-refractivity contribution in [1.29, 1.82) is 0 Å². The minimum Gasteiger partial charge on any atom is -0.480 e. The number of carboxylic acid groups (broad SMARTS) is 1. The van der Waals surface area contributed by atoms with Crippen LogP contribution in [0.5, 0.6) is 0 Å². The van der Waals surface area contributed by atoms with Gasteiger partial charge in [-0.1, -0.05) is 13.8 Å². The number of amides is 4. The standard InChI is InChI=1S/C18H31N5O6/c1-9(2)7-11(15(25)22-12(18(28)29)8-14(20)24)21-16(26)13-5-4-6-23(13)17(27)10(3)19/h9-13H,4-8,19H2,1-3H3,(H2,20,24)(H,21,26)(H,22,25)(H,28,29). The topological polar surface area (TPSA) is 185 Å². The zero-order valence-corrected chi connectivity index (χ0v) is 17.0. The molecule has 0 aromatic rings. The molecule has 4 atom stereocenters. The molecule has 4 unspecified atom stereocenters. The van der Waals surface area contributed by atoms with Gasteiger partial charge >= 0.3 is 5.97 Å². The van der Waals surface area contributed by atoms with Crippen LogP contribution in [0, 0.1) is 5.92 Å². The Labute approximate surface area is 169 Å². The maximum absolute atomic E-state index is 12.8. The van der Waals surface area contributed by atoms with Crippen LogP contribution >= 0.6 is 0 Å². The number of hydrogen-bond acceptors (Lipinski definition) is 6. The molecule has 1 fully saturated rings. The largest absolute Gasteiger partial charge is 0.480 e. The number of hydrogen-bond donors (Lipinski definition) is 5. The number of rotatable bonds is 10. The Hall–Kier alpha value is -2.69. The van der Waals surface area contributed by atoms with E-state index in [0.717, 1.165) is 0 Å². The highest BCUT2D eigenvalue weighted by atomic mass is 16.4. The molecule has 0 aromatic carbocycles. The summed E-state index contributed by atoms with van der Waals surface area (Å²) in [4.78, 5) is 61.3. The van der Waals surface area contributed by atoms with Gasteiger partial charge in [-0.25, -0.2) is 4.79 Å². The molecule has 0 bridgehead atoms. The van der Waals surface area contributed by atoms with E-state index in [9.17, 15) is 29.1 Å². The van der Waals surface area contributed by atoms with Gasteiger partial charge in [0.1, 0.15) is 18.1 Å². The zero-order chi connectivity index (χ0) is 22.3. The number of aliphatic carboxylic acids is 1. The fraction of sp³-hybridized carbons (Fsp3) is 0.722. The lowest BCUT2D eigenvalue weighted by molar-refractivity contribution is -0.144. The highest BCUT2D eigenvalue weighted by Crippen LogP contribution is 2.19. The van der Waals surface area contributed by atoms with Crippen LogP contribution in [0.3, 0.4) is 0 Å². The second-order valence-corrected chi connectivity index (χ2v) is 7.74. The summed E-state index contributed by atoms with van der Waals surface area (Å²) in [7, 11) is 0. The number of nitrogens with zero attached hydrogens (tertiary/aromatic N) is 1. The molecule has 0 radical (unpaired) electrons. The first-order valence-corrected chi connectivity index (χ1v) is 9.61. The maximum atomic E-state index is 12.8. The van der Waals surface area contributed by atoms with E-state index >= 15 is 0 Å². The first-order chi connectivity index (χ1) is 13.4. The van der Waals surface area contributed by atoms with Gasteiger partial charge in [-0.15, -0.1) is 0 Å². The minimum absolute atomic E-state index is 0.0100. The third-order valence-corrected chi connectivity index (χ3v) is 4.59. The number of carbonyl (C=O) groups is 5. The Bertz CT molecular complexity index is 651. The van der Waals surface area contributed by atoms with Crippen molar-refractivity contribution in [2.24, 2.45) is 17.4 Å². The summed E-state index contributed by atoms with van der Waals surface area (Å²) in [6, 6.07) is -4.00. The lowest BCUT2D eigenvalue weighted by Gasteiger charge is -2.28. The summed E-state index contributed by atoms with van der Waals surface area (Å²) in [5.74, 6) is -3.85. The molecule has 11 nitrogen and oxygen atoms in total. The number of nitrogens with two attached hydrogens (primary N) is 2. The number of likely N-dealkylation sites (tertiary alicyclic amines) is 1. The summed E-state index contributed by atoms with van der Waals surface area (Å²) < 4.78 is 0. The molecule has 164 valence electrons. The van der Waals surface area contributed by atoms with Crippen LogP contribution in [0.2, 0.25) is 0 Å². The van der Waals surface area contributed by atoms with Gasteiger partial charge in [-0.3, -0.25) is 19.2 Å². The van der Waals surface area contributed by atoms with Crippen molar-refractivity contribution in [2.75, 3.05) is 6.54 Å². The van der Waals surface area contributed by atoms with Crippen molar-refractivity contribution >= 4 is 29.6 Å². The second kappa shape index (κ2) is 10.7. The molecule has 1 aliphatic rings. The van der Waals surface area contributed by atoms with E-state index < -0.39 is 54.3 Å². The smallest absolute Gasteiger partial charge is 0.326 e.